The SMILES string of the molecule is CCOC(=O)c1ccc(N)c(N2CC(C)CCC2C)c1. The summed E-state index contributed by atoms with van der Waals surface area (Å²) >= 11 is 0. The lowest BCUT2D eigenvalue weighted by atomic mass is 9.94. The normalized spacial score (nSPS) is 22.6. The van der Waals surface area contributed by atoms with Crippen molar-refractivity contribution in [1.82, 2.24) is 0 Å². The summed E-state index contributed by atoms with van der Waals surface area (Å²) in [6.07, 6.45) is 2.40. The van der Waals surface area contributed by atoms with Crippen molar-refractivity contribution in [2.24, 2.45) is 5.92 Å². The number of carbonyl (C=O) groups is 1. The largest absolute Gasteiger partial charge is 0.462 e. The number of nitrogens with two attached hydrogens (primary N) is 1. The first-order chi connectivity index (χ1) is 9.52. The van der Waals surface area contributed by atoms with E-state index in [0.29, 0.717) is 24.1 Å². The molecule has 1 aromatic carbocycles. The lowest BCUT2D eigenvalue weighted by Crippen LogP contribution is -2.41. The van der Waals surface area contributed by atoms with E-state index in [9.17, 15) is 4.79 Å². The minimum Gasteiger partial charge on any atom is -0.462 e. The summed E-state index contributed by atoms with van der Waals surface area (Å²) in [6, 6.07) is 5.84. The minimum absolute atomic E-state index is 0.286. The second-order valence-electron chi connectivity index (χ2n) is 5.68. The van der Waals surface area contributed by atoms with Crippen LogP contribution in [0.4, 0.5) is 11.4 Å². The van der Waals surface area contributed by atoms with Gasteiger partial charge in [0, 0.05) is 12.6 Å². The third-order valence-electron chi connectivity index (χ3n) is 3.97. The Hall–Kier alpha value is -1.71. The van der Waals surface area contributed by atoms with E-state index in [1.807, 2.05) is 13.0 Å². The van der Waals surface area contributed by atoms with Gasteiger partial charge in [0.2, 0.25) is 0 Å². The standard InChI is InChI=1S/C16H24N2O2/c1-4-20-16(19)13-7-8-14(17)15(9-13)18-10-11(2)5-6-12(18)3/h7-9,11-12H,4-6,10,17H2,1-3H3. The monoisotopic (exact) mass is 276 g/mol. The highest BCUT2D eigenvalue weighted by molar-refractivity contribution is 5.92. The molecule has 0 radical (unpaired) electrons. The van der Waals surface area contributed by atoms with E-state index in [1.165, 1.54) is 6.42 Å². The van der Waals surface area contributed by atoms with Crippen molar-refractivity contribution in [1.29, 1.82) is 0 Å². The molecule has 0 bridgehead atoms. The highest BCUT2D eigenvalue weighted by Gasteiger charge is 2.25. The fourth-order valence-electron chi connectivity index (χ4n) is 2.76. The molecule has 0 spiro atoms. The molecule has 1 saturated heterocycles. The summed E-state index contributed by atoms with van der Waals surface area (Å²) in [5.41, 5.74) is 8.35. The Kier molecular flexibility index (Phi) is 4.53. The van der Waals surface area contributed by atoms with Gasteiger partial charge in [-0.3, -0.25) is 0 Å². The average Bonchev–Trinajstić information content (AvgIpc) is 2.42. The highest BCUT2D eigenvalue weighted by Crippen LogP contribution is 2.32. The molecule has 1 aliphatic heterocycles. The van der Waals surface area contributed by atoms with Crippen LogP contribution in [0.25, 0.3) is 0 Å². The van der Waals surface area contributed by atoms with Gasteiger partial charge in [0.25, 0.3) is 0 Å². The number of carbonyl (C=O) groups excluding carboxylic acids is 1. The van der Waals surface area contributed by atoms with Crippen molar-refractivity contribution in [3.05, 3.63) is 23.8 Å². The molecule has 4 heteroatoms. The topological polar surface area (TPSA) is 55.6 Å². The van der Waals surface area contributed by atoms with Crippen LogP contribution >= 0.6 is 0 Å². The summed E-state index contributed by atoms with van der Waals surface area (Å²) in [5, 5.41) is 0. The van der Waals surface area contributed by atoms with Crippen molar-refractivity contribution in [3.63, 3.8) is 0 Å². The molecule has 20 heavy (non-hydrogen) atoms. The molecule has 1 aromatic rings. The summed E-state index contributed by atoms with van der Waals surface area (Å²) < 4.78 is 5.06. The van der Waals surface area contributed by atoms with Crippen molar-refractivity contribution >= 4 is 17.3 Å². The molecule has 1 heterocycles. The molecular formula is C16H24N2O2. The first-order valence-corrected chi connectivity index (χ1v) is 7.36. The molecule has 2 rings (SSSR count). The van der Waals surface area contributed by atoms with Gasteiger partial charge in [0.15, 0.2) is 0 Å². The molecule has 4 nitrogen and oxygen atoms in total. The predicted octanol–water partition coefficient (Wildman–Crippen LogP) is 3.07. The number of nitrogens with zero attached hydrogens (tertiary/aromatic N) is 1. The number of anilines is 2. The molecule has 1 fully saturated rings. The zero-order chi connectivity index (χ0) is 14.7. The van der Waals surface area contributed by atoms with Crippen molar-refractivity contribution in [3.8, 4) is 0 Å². The van der Waals surface area contributed by atoms with E-state index in [0.717, 1.165) is 24.3 Å². The average molecular weight is 276 g/mol. The number of nitrogen functional groups attached to an aromatic ring is 1. The lowest BCUT2D eigenvalue weighted by molar-refractivity contribution is 0.0526. The van der Waals surface area contributed by atoms with Gasteiger partial charge in [-0.05, 0) is 50.8 Å². The van der Waals surface area contributed by atoms with E-state index >= 15 is 0 Å². The van der Waals surface area contributed by atoms with Crippen LogP contribution < -0.4 is 10.6 Å². The maximum atomic E-state index is 11.9. The minimum atomic E-state index is -0.286. The maximum absolute atomic E-state index is 11.9. The molecular weight excluding hydrogens is 252 g/mol. The molecule has 0 amide bonds. The number of piperidine rings is 1. The van der Waals surface area contributed by atoms with Crippen LogP contribution in [0.5, 0.6) is 0 Å². The van der Waals surface area contributed by atoms with Gasteiger partial charge in [0.05, 0.1) is 23.5 Å². The Morgan fingerprint density at radius 1 is 1.40 bits per heavy atom. The van der Waals surface area contributed by atoms with Crippen LogP contribution in [0, 0.1) is 5.92 Å². The Labute approximate surface area is 120 Å². The Balaban J connectivity index is 2.30. The van der Waals surface area contributed by atoms with Gasteiger partial charge in [-0.1, -0.05) is 6.92 Å². The molecule has 2 N–H and O–H groups in total. The van der Waals surface area contributed by atoms with Crippen LogP contribution in [0.3, 0.4) is 0 Å². The molecule has 0 saturated carbocycles. The molecule has 1 aliphatic rings. The van der Waals surface area contributed by atoms with E-state index < -0.39 is 0 Å². The quantitative estimate of drug-likeness (QED) is 0.681. The zero-order valence-electron chi connectivity index (χ0n) is 12.6. The first-order valence-electron chi connectivity index (χ1n) is 7.36. The van der Waals surface area contributed by atoms with Gasteiger partial charge in [-0.15, -0.1) is 0 Å². The summed E-state index contributed by atoms with van der Waals surface area (Å²) in [5.74, 6) is 0.364. The molecule has 0 aromatic heterocycles. The van der Waals surface area contributed by atoms with Gasteiger partial charge in [-0.25, -0.2) is 4.79 Å². The summed E-state index contributed by atoms with van der Waals surface area (Å²) in [6.45, 7) is 7.64. The maximum Gasteiger partial charge on any atom is 0.338 e. The third-order valence-corrected chi connectivity index (χ3v) is 3.97. The fourth-order valence-corrected chi connectivity index (χ4v) is 2.76. The van der Waals surface area contributed by atoms with Gasteiger partial charge in [0.1, 0.15) is 0 Å². The van der Waals surface area contributed by atoms with Crippen LogP contribution in [0.2, 0.25) is 0 Å². The fraction of sp³-hybridized carbons (Fsp3) is 0.562. The number of rotatable bonds is 3. The van der Waals surface area contributed by atoms with Gasteiger partial charge >= 0.3 is 5.97 Å². The Morgan fingerprint density at radius 2 is 2.15 bits per heavy atom. The molecule has 2 atom stereocenters. The van der Waals surface area contributed by atoms with E-state index in [1.54, 1.807) is 12.1 Å². The number of ether oxygens (including phenoxy) is 1. The number of hydrogen-bond acceptors (Lipinski definition) is 4. The highest BCUT2D eigenvalue weighted by atomic mass is 16.5. The Bertz CT molecular complexity index is 487. The van der Waals surface area contributed by atoms with Crippen LogP contribution in [-0.4, -0.2) is 25.2 Å². The zero-order valence-corrected chi connectivity index (χ0v) is 12.6. The predicted molar refractivity (Wildman–Crippen MR) is 82.0 cm³/mol. The van der Waals surface area contributed by atoms with Crippen LogP contribution in [0.1, 0.15) is 44.0 Å². The Morgan fingerprint density at radius 3 is 2.85 bits per heavy atom. The second kappa shape index (κ2) is 6.16. The first kappa shape index (κ1) is 14.7. The second-order valence-corrected chi connectivity index (χ2v) is 5.68. The molecule has 2 unspecified atom stereocenters. The van der Waals surface area contributed by atoms with Crippen molar-refractivity contribution in [2.75, 3.05) is 23.8 Å². The van der Waals surface area contributed by atoms with Crippen LogP contribution in [-0.2, 0) is 4.74 Å². The van der Waals surface area contributed by atoms with E-state index in [2.05, 4.69) is 18.7 Å². The number of benzene rings is 1. The van der Waals surface area contributed by atoms with E-state index in [-0.39, 0.29) is 5.97 Å². The third kappa shape index (κ3) is 3.06. The molecule has 0 aliphatic carbocycles. The van der Waals surface area contributed by atoms with Crippen molar-refractivity contribution < 1.29 is 9.53 Å². The van der Waals surface area contributed by atoms with E-state index in [4.69, 9.17) is 10.5 Å². The number of esters is 1. The van der Waals surface area contributed by atoms with Crippen LogP contribution in [0.15, 0.2) is 18.2 Å². The van der Waals surface area contributed by atoms with Crippen molar-refractivity contribution in [2.45, 2.75) is 39.7 Å². The van der Waals surface area contributed by atoms with Gasteiger partial charge < -0.3 is 15.4 Å². The lowest BCUT2D eigenvalue weighted by Gasteiger charge is -2.39. The summed E-state index contributed by atoms with van der Waals surface area (Å²) in [4.78, 5) is 14.2. The van der Waals surface area contributed by atoms with Gasteiger partial charge in [-0.2, -0.15) is 0 Å². The smallest absolute Gasteiger partial charge is 0.338 e. The number of hydrogen-bond donors (Lipinski definition) is 1. The summed E-state index contributed by atoms with van der Waals surface area (Å²) in [7, 11) is 0. The molecule has 110 valence electrons.